The van der Waals surface area contributed by atoms with Crippen molar-refractivity contribution in [3.63, 3.8) is 0 Å². The van der Waals surface area contributed by atoms with Crippen LogP contribution in [0.5, 0.6) is 0 Å². The number of ether oxygens (including phenoxy) is 1. The number of nitrogens with zero attached hydrogens (tertiary/aromatic N) is 2. The lowest BCUT2D eigenvalue weighted by Gasteiger charge is -2.28. The van der Waals surface area contributed by atoms with Crippen LogP contribution in [0.15, 0.2) is 77.0 Å². The minimum absolute atomic E-state index is 0.107. The molecule has 0 radical (unpaired) electrons. The molecule has 2 aromatic carbocycles. The fourth-order valence-electron chi connectivity index (χ4n) is 3.90. The molecule has 9 heteroatoms. The second-order valence-electron chi connectivity index (χ2n) is 8.20. The Labute approximate surface area is 209 Å². The standard InChI is InChI=1S/C25H27ClN2O4S2/c26-21-10-12-24(13-11-21)34(30,31)28(17-22-8-4-14-32-22)19-25(29)27(18-23-9-5-15-33-23)16-20-6-2-1-3-7-20/h1-3,5-7,9-13,15,22H,4,8,14,16-19H2. The Morgan fingerprint density at radius 2 is 1.79 bits per heavy atom. The average molecular weight is 519 g/mol. The number of sulfonamides is 1. The van der Waals surface area contributed by atoms with Gasteiger partial charge in [-0.25, -0.2) is 8.42 Å². The Bertz CT molecular complexity index is 1160. The number of hydrogen-bond acceptors (Lipinski definition) is 5. The quantitative estimate of drug-likeness (QED) is 0.386. The number of halogens is 1. The summed E-state index contributed by atoms with van der Waals surface area (Å²) in [4.78, 5) is 16.4. The number of carbonyl (C=O) groups is 1. The van der Waals surface area contributed by atoms with Crippen LogP contribution in [0, 0.1) is 0 Å². The molecule has 1 aliphatic rings. The first-order valence-electron chi connectivity index (χ1n) is 11.1. The Balaban J connectivity index is 1.59. The highest BCUT2D eigenvalue weighted by molar-refractivity contribution is 7.89. The molecule has 0 saturated carbocycles. The van der Waals surface area contributed by atoms with Crippen LogP contribution in [0.2, 0.25) is 5.02 Å². The van der Waals surface area contributed by atoms with Crippen molar-refractivity contribution in [3.8, 4) is 0 Å². The molecule has 0 aliphatic carbocycles. The van der Waals surface area contributed by atoms with E-state index in [9.17, 15) is 13.2 Å². The van der Waals surface area contributed by atoms with Gasteiger partial charge in [-0.3, -0.25) is 4.79 Å². The highest BCUT2D eigenvalue weighted by Gasteiger charge is 2.32. The molecule has 6 nitrogen and oxygen atoms in total. The van der Waals surface area contributed by atoms with Crippen LogP contribution in [-0.4, -0.2) is 49.3 Å². The second-order valence-corrected chi connectivity index (χ2v) is 11.6. The summed E-state index contributed by atoms with van der Waals surface area (Å²) in [6, 6.07) is 19.7. The molecular weight excluding hydrogens is 492 g/mol. The smallest absolute Gasteiger partial charge is 0.243 e. The molecular formula is C25H27ClN2O4S2. The predicted molar refractivity (Wildman–Crippen MR) is 134 cm³/mol. The van der Waals surface area contributed by atoms with Crippen LogP contribution in [0.4, 0.5) is 0 Å². The van der Waals surface area contributed by atoms with E-state index in [-0.39, 0.29) is 30.0 Å². The van der Waals surface area contributed by atoms with Crippen LogP contribution >= 0.6 is 22.9 Å². The van der Waals surface area contributed by atoms with E-state index in [4.69, 9.17) is 16.3 Å². The summed E-state index contributed by atoms with van der Waals surface area (Å²) in [6.07, 6.45) is 1.42. The van der Waals surface area contributed by atoms with E-state index < -0.39 is 10.0 Å². The first-order valence-corrected chi connectivity index (χ1v) is 13.8. The SMILES string of the molecule is O=C(CN(CC1CCCO1)S(=O)(=O)c1ccc(Cl)cc1)N(Cc1ccccc1)Cc1cccs1. The van der Waals surface area contributed by atoms with Gasteiger partial charge in [-0.15, -0.1) is 11.3 Å². The highest BCUT2D eigenvalue weighted by Crippen LogP contribution is 2.23. The van der Waals surface area contributed by atoms with Gasteiger partial charge in [-0.05, 0) is 54.1 Å². The molecule has 0 bridgehead atoms. The molecule has 1 aliphatic heterocycles. The van der Waals surface area contributed by atoms with Crippen LogP contribution < -0.4 is 0 Å². The van der Waals surface area contributed by atoms with Crippen LogP contribution in [0.1, 0.15) is 23.3 Å². The van der Waals surface area contributed by atoms with E-state index in [0.29, 0.717) is 24.7 Å². The van der Waals surface area contributed by atoms with E-state index in [2.05, 4.69) is 0 Å². The van der Waals surface area contributed by atoms with Gasteiger partial charge in [0.25, 0.3) is 0 Å². The van der Waals surface area contributed by atoms with Crippen molar-refractivity contribution in [3.05, 3.63) is 87.6 Å². The molecule has 0 N–H and O–H groups in total. The maximum atomic E-state index is 13.6. The number of rotatable bonds is 10. The molecule has 4 rings (SSSR count). The maximum Gasteiger partial charge on any atom is 0.243 e. The Morgan fingerprint density at radius 3 is 2.44 bits per heavy atom. The molecule has 0 spiro atoms. The van der Waals surface area contributed by atoms with Crippen LogP contribution in [0.25, 0.3) is 0 Å². The van der Waals surface area contributed by atoms with Crippen LogP contribution in [0.3, 0.4) is 0 Å². The van der Waals surface area contributed by atoms with Crippen molar-refractivity contribution in [1.29, 1.82) is 0 Å². The zero-order valence-electron chi connectivity index (χ0n) is 18.7. The third kappa shape index (κ3) is 6.46. The van der Waals surface area contributed by atoms with Gasteiger partial charge in [0.1, 0.15) is 0 Å². The summed E-state index contributed by atoms with van der Waals surface area (Å²) >= 11 is 7.53. The zero-order chi connectivity index (χ0) is 24.0. The van der Waals surface area contributed by atoms with Crippen molar-refractivity contribution in [2.24, 2.45) is 0 Å². The van der Waals surface area contributed by atoms with Gasteiger partial charge in [0.2, 0.25) is 15.9 Å². The summed E-state index contributed by atoms with van der Waals surface area (Å²) < 4.78 is 34.0. The normalized spacial score (nSPS) is 16.1. The zero-order valence-corrected chi connectivity index (χ0v) is 21.1. The molecule has 34 heavy (non-hydrogen) atoms. The lowest BCUT2D eigenvalue weighted by atomic mass is 10.2. The summed E-state index contributed by atoms with van der Waals surface area (Å²) in [5.41, 5.74) is 0.985. The third-order valence-corrected chi connectivity index (χ3v) is 8.63. The van der Waals surface area contributed by atoms with E-state index >= 15 is 0 Å². The summed E-state index contributed by atoms with van der Waals surface area (Å²) in [5.74, 6) is -0.257. The van der Waals surface area contributed by atoms with Gasteiger partial charge < -0.3 is 9.64 Å². The minimum Gasteiger partial charge on any atom is -0.377 e. The van der Waals surface area contributed by atoms with Gasteiger partial charge >= 0.3 is 0 Å². The molecule has 1 amide bonds. The molecule has 180 valence electrons. The largest absolute Gasteiger partial charge is 0.377 e. The number of hydrogen-bond donors (Lipinski definition) is 0. The predicted octanol–water partition coefficient (Wildman–Crippen LogP) is 4.80. The second kappa shape index (κ2) is 11.5. The van der Waals surface area contributed by atoms with E-state index in [1.165, 1.54) is 16.4 Å². The van der Waals surface area contributed by atoms with Gasteiger partial charge in [-0.1, -0.05) is 48.0 Å². The van der Waals surface area contributed by atoms with E-state index in [0.717, 1.165) is 23.3 Å². The van der Waals surface area contributed by atoms with Crippen molar-refractivity contribution in [1.82, 2.24) is 9.21 Å². The van der Waals surface area contributed by atoms with Gasteiger partial charge in [0.15, 0.2) is 0 Å². The molecule has 1 atom stereocenters. The highest BCUT2D eigenvalue weighted by atomic mass is 35.5. The number of benzene rings is 2. The molecule has 1 aromatic heterocycles. The topological polar surface area (TPSA) is 66.9 Å². The van der Waals surface area contributed by atoms with E-state index in [1.54, 1.807) is 28.4 Å². The lowest BCUT2D eigenvalue weighted by molar-refractivity contribution is -0.132. The number of carbonyl (C=O) groups excluding carboxylic acids is 1. The molecule has 1 fully saturated rings. The summed E-state index contributed by atoms with van der Waals surface area (Å²) in [7, 11) is -3.92. The molecule has 1 saturated heterocycles. The molecule has 1 unspecified atom stereocenters. The van der Waals surface area contributed by atoms with Crippen molar-refractivity contribution >= 4 is 38.9 Å². The molecule has 2 heterocycles. The fourth-order valence-corrected chi connectivity index (χ4v) is 6.16. The maximum absolute atomic E-state index is 13.6. The number of amides is 1. The summed E-state index contributed by atoms with van der Waals surface area (Å²) in [6.45, 7) is 1.29. The van der Waals surface area contributed by atoms with Gasteiger partial charge in [0.05, 0.1) is 24.1 Å². The van der Waals surface area contributed by atoms with Crippen molar-refractivity contribution in [2.45, 2.75) is 36.9 Å². The van der Waals surface area contributed by atoms with Crippen molar-refractivity contribution in [2.75, 3.05) is 19.7 Å². The average Bonchev–Trinajstić information content (AvgIpc) is 3.53. The van der Waals surface area contributed by atoms with Crippen LogP contribution in [-0.2, 0) is 32.6 Å². The Morgan fingerprint density at radius 1 is 1.03 bits per heavy atom. The summed E-state index contributed by atoms with van der Waals surface area (Å²) in [5, 5.41) is 2.42. The fraction of sp³-hybridized carbons (Fsp3) is 0.320. The lowest BCUT2D eigenvalue weighted by Crippen LogP contribution is -2.45. The minimum atomic E-state index is -3.92. The van der Waals surface area contributed by atoms with E-state index in [1.807, 2.05) is 47.8 Å². The Kier molecular flexibility index (Phi) is 8.39. The third-order valence-electron chi connectivity index (χ3n) is 5.69. The Hall–Kier alpha value is -2.23. The monoisotopic (exact) mass is 518 g/mol. The first kappa shape index (κ1) is 24.9. The van der Waals surface area contributed by atoms with Crippen molar-refractivity contribution < 1.29 is 17.9 Å². The molecule has 3 aromatic rings. The van der Waals surface area contributed by atoms with Gasteiger partial charge in [-0.2, -0.15) is 4.31 Å². The van der Waals surface area contributed by atoms with Gasteiger partial charge in [0, 0.05) is 29.6 Å². The first-order chi connectivity index (χ1) is 16.4. The number of thiophene rings is 1.